The Morgan fingerprint density at radius 2 is 1.92 bits per heavy atom. The molecule has 0 aromatic heterocycles. The van der Waals surface area contributed by atoms with Crippen LogP contribution in [0.15, 0.2) is 24.3 Å². The topological polar surface area (TPSA) is 50.8 Å². The van der Waals surface area contributed by atoms with E-state index in [-0.39, 0.29) is 24.6 Å². The molecule has 1 aliphatic carbocycles. The number of benzene rings is 1. The summed E-state index contributed by atoms with van der Waals surface area (Å²) in [4.78, 5) is 14.8. The van der Waals surface area contributed by atoms with Crippen molar-refractivity contribution in [2.75, 3.05) is 25.0 Å². The molecule has 0 unspecified atom stereocenters. The van der Waals surface area contributed by atoms with Gasteiger partial charge in [-0.1, -0.05) is 33.3 Å². The van der Waals surface area contributed by atoms with Crippen molar-refractivity contribution in [1.82, 2.24) is 4.90 Å². The average molecular weight is 385 g/mol. The highest BCUT2D eigenvalue weighted by Crippen LogP contribution is 2.26. The summed E-state index contributed by atoms with van der Waals surface area (Å²) in [6, 6.07) is 7.78. The van der Waals surface area contributed by atoms with E-state index in [2.05, 4.69) is 31.0 Å². The van der Waals surface area contributed by atoms with E-state index in [1.165, 1.54) is 6.42 Å². The first-order valence-corrected chi connectivity index (χ1v) is 9.62. The highest BCUT2D eigenvalue weighted by atomic mass is 35.5. The van der Waals surface area contributed by atoms with Gasteiger partial charge >= 0.3 is 6.09 Å². The van der Waals surface area contributed by atoms with Crippen LogP contribution in [-0.2, 0) is 4.74 Å². The Bertz CT molecular complexity index is 538. The molecule has 1 saturated carbocycles. The fourth-order valence-corrected chi connectivity index (χ4v) is 3.49. The number of rotatable bonds is 8. The number of amides is 1. The maximum Gasteiger partial charge on any atom is 0.411 e. The van der Waals surface area contributed by atoms with Crippen LogP contribution in [0.25, 0.3) is 0 Å². The molecule has 1 amide bonds. The number of anilines is 1. The highest BCUT2D eigenvalue weighted by Gasteiger charge is 2.31. The zero-order valence-corrected chi connectivity index (χ0v) is 17.0. The lowest BCUT2D eigenvalue weighted by atomic mass is 9.91. The van der Waals surface area contributed by atoms with Crippen molar-refractivity contribution >= 4 is 24.2 Å². The number of hydrogen-bond acceptors (Lipinski definition) is 4. The van der Waals surface area contributed by atoms with Gasteiger partial charge in [0.05, 0.1) is 6.61 Å². The number of nitrogens with zero attached hydrogens (tertiary/aromatic N) is 1. The monoisotopic (exact) mass is 384 g/mol. The van der Waals surface area contributed by atoms with Crippen molar-refractivity contribution in [1.29, 1.82) is 0 Å². The van der Waals surface area contributed by atoms with Gasteiger partial charge in [0.1, 0.15) is 11.9 Å². The third-order valence-electron chi connectivity index (χ3n) is 4.76. The number of carbonyl (C=O) groups is 1. The van der Waals surface area contributed by atoms with E-state index >= 15 is 0 Å². The second-order valence-corrected chi connectivity index (χ2v) is 6.52. The van der Waals surface area contributed by atoms with Crippen molar-refractivity contribution in [2.24, 2.45) is 0 Å². The normalized spacial score (nSPS) is 19.5. The Hall–Kier alpha value is -1.46. The number of hydrogen-bond donors (Lipinski definition) is 1. The Morgan fingerprint density at radius 3 is 2.62 bits per heavy atom. The van der Waals surface area contributed by atoms with Crippen LogP contribution < -0.4 is 10.1 Å². The van der Waals surface area contributed by atoms with Crippen molar-refractivity contribution < 1.29 is 14.3 Å². The Kier molecular flexibility index (Phi) is 10.4. The predicted octanol–water partition coefficient (Wildman–Crippen LogP) is 5.10. The lowest BCUT2D eigenvalue weighted by molar-refractivity contribution is 0.0125. The van der Waals surface area contributed by atoms with Crippen molar-refractivity contribution in [2.45, 2.75) is 65.0 Å². The van der Waals surface area contributed by atoms with E-state index < -0.39 is 0 Å². The molecule has 0 heterocycles. The summed E-state index contributed by atoms with van der Waals surface area (Å²) in [7, 11) is 0. The minimum absolute atomic E-state index is 0. The average Bonchev–Trinajstić information content (AvgIpc) is 2.62. The summed E-state index contributed by atoms with van der Waals surface area (Å²) in [5, 5.41) is 2.84. The van der Waals surface area contributed by atoms with E-state index in [0.29, 0.717) is 18.3 Å². The first-order valence-electron chi connectivity index (χ1n) is 9.62. The van der Waals surface area contributed by atoms with Gasteiger partial charge in [-0.2, -0.15) is 0 Å². The maximum atomic E-state index is 12.4. The quantitative estimate of drug-likeness (QED) is 0.677. The fourth-order valence-electron chi connectivity index (χ4n) is 3.49. The summed E-state index contributed by atoms with van der Waals surface area (Å²) in [6.45, 7) is 9.03. The molecule has 2 atom stereocenters. The molecule has 5 nitrogen and oxygen atoms in total. The zero-order chi connectivity index (χ0) is 18.1. The van der Waals surface area contributed by atoms with Gasteiger partial charge in [0, 0.05) is 17.8 Å². The molecular formula is C20H33ClN2O3. The van der Waals surface area contributed by atoms with Gasteiger partial charge in [0.15, 0.2) is 0 Å². The number of carbonyl (C=O) groups excluding carboxylic acids is 1. The molecule has 0 aliphatic heterocycles. The number of likely N-dealkylation sites (N-methyl/N-ethyl adjacent to an activating group) is 1. The predicted molar refractivity (Wildman–Crippen MR) is 109 cm³/mol. The van der Waals surface area contributed by atoms with Crippen LogP contribution in [0.5, 0.6) is 5.75 Å². The standard InChI is InChI=1S/C20H32N2O3.ClH/c1-4-14-24-17-11-9-10-16(15-17)21-20(23)25-19-13-8-7-12-18(19)22(5-2)6-3;/h9-11,15,18-19H,4-8,12-14H2,1-3H3,(H,21,23);1H/t18-,19-;/m0./s1. The van der Waals surface area contributed by atoms with Crippen LogP contribution >= 0.6 is 12.4 Å². The minimum Gasteiger partial charge on any atom is -0.494 e. The molecular weight excluding hydrogens is 352 g/mol. The summed E-state index contributed by atoms with van der Waals surface area (Å²) in [6.07, 6.45) is 4.91. The van der Waals surface area contributed by atoms with E-state index in [1.807, 2.05) is 24.3 Å². The third-order valence-corrected chi connectivity index (χ3v) is 4.76. The van der Waals surface area contributed by atoms with Crippen LogP contribution in [-0.4, -0.2) is 42.8 Å². The molecule has 1 N–H and O–H groups in total. The molecule has 1 fully saturated rings. The molecule has 148 valence electrons. The van der Waals surface area contributed by atoms with Crippen LogP contribution in [0.1, 0.15) is 52.9 Å². The Balaban J connectivity index is 0.00000338. The summed E-state index contributed by atoms with van der Waals surface area (Å²) < 4.78 is 11.4. The molecule has 6 heteroatoms. The second kappa shape index (κ2) is 12.0. The number of halogens is 1. The maximum absolute atomic E-state index is 12.4. The summed E-state index contributed by atoms with van der Waals surface area (Å²) >= 11 is 0. The molecule has 1 aromatic carbocycles. The van der Waals surface area contributed by atoms with Gasteiger partial charge in [-0.3, -0.25) is 10.2 Å². The fraction of sp³-hybridized carbons (Fsp3) is 0.650. The lowest BCUT2D eigenvalue weighted by Crippen LogP contribution is -2.47. The van der Waals surface area contributed by atoms with E-state index in [4.69, 9.17) is 9.47 Å². The van der Waals surface area contributed by atoms with Gasteiger partial charge in [-0.05, 0) is 50.9 Å². The van der Waals surface area contributed by atoms with Crippen molar-refractivity contribution in [3.8, 4) is 5.75 Å². The molecule has 0 bridgehead atoms. The van der Waals surface area contributed by atoms with Crippen molar-refractivity contribution in [3.63, 3.8) is 0 Å². The number of nitrogens with one attached hydrogen (secondary N) is 1. The molecule has 1 aliphatic rings. The molecule has 1 aromatic rings. The zero-order valence-electron chi connectivity index (χ0n) is 16.2. The molecule has 2 rings (SSSR count). The van der Waals surface area contributed by atoms with E-state index in [0.717, 1.165) is 44.5 Å². The Labute approximate surface area is 163 Å². The SMILES string of the molecule is CCCOc1cccc(NC(=O)O[C@H]2CCCC[C@@H]2N(CC)CC)c1.Cl. The van der Waals surface area contributed by atoms with Gasteiger partial charge < -0.3 is 9.47 Å². The molecule has 0 radical (unpaired) electrons. The van der Waals surface area contributed by atoms with Crippen molar-refractivity contribution in [3.05, 3.63) is 24.3 Å². The molecule has 26 heavy (non-hydrogen) atoms. The Morgan fingerprint density at radius 1 is 1.19 bits per heavy atom. The van der Waals surface area contributed by atoms with Crippen LogP contribution in [0, 0.1) is 0 Å². The van der Waals surface area contributed by atoms with Gasteiger partial charge in [-0.15, -0.1) is 12.4 Å². The molecule has 0 saturated heterocycles. The summed E-state index contributed by atoms with van der Waals surface area (Å²) in [5.41, 5.74) is 0.703. The lowest BCUT2D eigenvalue weighted by Gasteiger charge is -2.38. The first kappa shape index (κ1) is 22.6. The third kappa shape index (κ3) is 6.69. The van der Waals surface area contributed by atoms with E-state index in [1.54, 1.807) is 0 Å². The number of ether oxygens (including phenoxy) is 2. The smallest absolute Gasteiger partial charge is 0.411 e. The minimum atomic E-state index is -0.378. The van der Waals surface area contributed by atoms with Crippen LogP contribution in [0.2, 0.25) is 0 Å². The molecule has 0 spiro atoms. The van der Waals surface area contributed by atoms with Gasteiger partial charge in [0.25, 0.3) is 0 Å². The van der Waals surface area contributed by atoms with Gasteiger partial charge in [-0.25, -0.2) is 4.79 Å². The van der Waals surface area contributed by atoms with Crippen LogP contribution in [0.3, 0.4) is 0 Å². The summed E-state index contributed by atoms with van der Waals surface area (Å²) in [5.74, 6) is 0.762. The first-order chi connectivity index (χ1) is 12.2. The highest BCUT2D eigenvalue weighted by molar-refractivity contribution is 5.85. The van der Waals surface area contributed by atoms with Gasteiger partial charge in [0.2, 0.25) is 0 Å². The second-order valence-electron chi connectivity index (χ2n) is 6.52. The van der Waals surface area contributed by atoms with Crippen LogP contribution in [0.4, 0.5) is 10.5 Å². The largest absolute Gasteiger partial charge is 0.494 e. The van der Waals surface area contributed by atoms with E-state index in [9.17, 15) is 4.79 Å².